The molecule has 0 bridgehead atoms. The number of nitrogens with one attached hydrogen (secondary N) is 1. The van der Waals surface area contributed by atoms with Crippen LogP contribution in [-0.2, 0) is 16.0 Å². The molecule has 0 saturated carbocycles. The normalized spacial score (nSPS) is 18.9. The van der Waals surface area contributed by atoms with Crippen molar-refractivity contribution in [1.82, 2.24) is 10.2 Å². The van der Waals surface area contributed by atoms with Gasteiger partial charge in [0.15, 0.2) is 0 Å². The first kappa shape index (κ1) is 15.4. The molecule has 0 fully saturated rings. The van der Waals surface area contributed by atoms with Crippen LogP contribution in [0.15, 0.2) is 24.3 Å². The number of methoxy groups -OCH3 is 2. The van der Waals surface area contributed by atoms with Gasteiger partial charge in [0.2, 0.25) is 0 Å². The number of ether oxygens (including phenoxy) is 2. The molecule has 112 valence electrons. The Labute approximate surface area is 122 Å². The average Bonchev–Trinajstić information content (AvgIpc) is 2.70. The van der Waals surface area contributed by atoms with Crippen LogP contribution in [0.5, 0.6) is 0 Å². The first-order valence-electron chi connectivity index (χ1n) is 7.37. The maximum Gasteiger partial charge on any atom is 0.0589 e. The topological polar surface area (TPSA) is 33.7 Å². The van der Waals surface area contributed by atoms with Crippen molar-refractivity contribution in [2.24, 2.45) is 0 Å². The van der Waals surface area contributed by atoms with Crippen LogP contribution < -0.4 is 5.32 Å². The van der Waals surface area contributed by atoms with Crippen LogP contribution in [0.1, 0.15) is 23.6 Å². The maximum atomic E-state index is 5.26. The number of fused-ring (bicyclic) bond motifs is 1. The van der Waals surface area contributed by atoms with Gasteiger partial charge >= 0.3 is 0 Å². The quantitative estimate of drug-likeness (QED) is 0.825. The summed E-state index contributed by atoms with van der Waals surface area (Å²) in [4.78, 5) is 2.48. The van der Waals surface area contributed by atoms with Gasteiger partial charge in [0.25, 0.3) is 0 Å². The monoisotopic (exact) mass is 278 g/mol. The minimum atomic E-state index is 0.450. The Bertz CT molecular complexity index is 390. The summed E-state index contributed by atoms with van der Waals surface area (Å²) in [5.74, 6) is 0. The van der Waals surface area contributed by atoms with Gasteiger partial charge < -0.3 is 14.8 Å². The summed E-state index contributed by atoms with van der Waals surface area (Å²) >= 11 is 0. The molecule has 1 aromatic carbocycles. The Balaban J connectivity index is 2.17. The highest BCUT2D eigenvalue weighted by molar-refractivity contribution is 5.31. The van der Waals surface area contributed by atoms with Gasteiger partial charge in [-0.05, 0) is 24.1 Å². The summed E-state index contributed by atoms with van der Waals surface area (Å²) in [7, 11) is 3.52. The van der Waals surface area contributed by atoms with Crippen molar-refractivity contribution < 1.29 is 9.47 Å². The van der Waals surface area contributed by atoms with E-state index in [1.54, 1.807) is 14.2 Å². The zero-order valence-electron chi connectivity index (χ0n) is 12.6. The van der Waals surface area contributed by atoms with Crippen LogP contribution in [0.25, 0.3) is 0 Å². The third-order valence-electron chi connectivity index (χ3n) is 3.93. The van der Waals surface area contributed by atoms with E-state index in [1.807, 2.05) is 0 Å². The number of rotatable bonds is 7. The van der Waals surface area contributed by atoms with Crippen LogP contribution in [0.2, 0.25) is 0 Å². The van der Waals surface area contributed by atoms with Crippen molar-refractivity contribution in [3.63, 3.8) is 0 Å². The smallest absolute Gasteiger partial charge is 0.0589 e. The molecule has 1 heterocycles. The molecule has 0 aliphatic carbocycles. The molecule has 0 radical (unpaired) electrons. The molecule has 4 heteroatoms. The van der Waals surface area contributed by atoms with Crippen molar-refractivity contribution in [1.29, 1.82) is 0 Å². The van der Waals surface area contributed by atoms with Crippen LogP contribution in [0, 0.1) is 0 Å². The van der Waals surface area contributed by atoms with Gasteiger partial charge in [-0.25, -0.2) is 0 Å². The average molecular weight is 278 g/mol. The molecule has 1 unspecified atom stereocenters. The molecule has 1 aliphatic rings. The van der Waals surface area contributed by atoms with E-state index >= 15 is 0 Å². The van der Waals surface area contributed by atoms with Gasteiger partial charge in [0.05, 0.1) is 13.2 Å². The second-order valence-corrected chi connectivity index (χ2v) is 5.20. The van der Waals surface area contributed by atoms with Crippen molar-refractivity contribution >= 4 is 0 Å². The van der Waals surface area contributed by atoms with E-state index in [0.717, 1.165) is 45.8 Å². The fourth-order valence-electron chi connectivity index (χ4n) is 2.86. The fraction of sp³-hybridized carbons (Fsp3) is 0.625. The highest BCUT2D eigenvalue weighted by Crippen LogP contribution is 2.28. The van der Waals surface area contributed by atoms with Gasteiger partial charge in [-0.3, -0.25) is 4.90 Å². The van der Waals surface area contributed by atoms with Crippen molar-refractivity contribution in [3.8, 4) is 0 Å². The van der Waals surface area contributed by atoms with E-state index in [9.17, 15) is 0 Å². The molecule has 1 aromatic rings. The second kappa shape index (κ2) is 8.37. The van der Waals surface area contributed by atoms with Crippen LogP contribution in [0.4, 0.5) is 0 Å². The Morgan fingerprint density at radius 3 is 2.55 bits per heavy atom. The number of hydrogen-bond donors (Lipinski definition) is 1. The molecule has 0 amide bonds. The van der Waals surface area contributed by atoms with Gasteiger partial charge in [0, 0.05) is 39.9 Å². The van der Waals surface area contributed by atoms with Gasteiger partial charge in [-0.15, -0.1) is 0 Å². The van der Waals surface area contributed by atoms with Gasteiger partial charge in [-0.2, -0.15) is 0 Å². The second-order valence-electron chi connectivity index (χ2n) is 5.20. The SMILES string of the molecule is COCCN(CCOC)C1CCNCc2ccccc21. The molecule has 0 aromatic heterocycles. The molecular weight excluding hydrogens is 252 g/mol. The van der Waals surface area contributed by atoms with E-state index in [2.05, 4.69) is 34.5 Å². The molecule has 20 heavy (non-hydrogen) atoms. The highest BCUT2D eigenvalue weighted by atomic mass is 16.5. The van der Waals surface area contributed by atoms with Crippen molar-refractivity contribution in [3.05, 3.63) is 35.4 Å². The van der Waals surface area contributed by atoms with E-state index in [-0.39, 0.29) is 0 Å². The van der Waals surface area contributed by atoms with E-state index < -0.39 is 0 Å². The van der Waals surface area contributed by atoms with Crippen LogP contribution in [-0.4, -0.2) is 52.0 Å². The standard InChI is InChI=1S/C16H26N2O2/c1-19-11-9-18(10-12-20-2)16-7-8-17-13-14-5-3-4-6-15(14)16/h3-6,16-17H,7-13H2,1-2H3. The molecule has 0 saturated heterocycles. The van der Waals surface area contributed by atoms with E-state index in [4.69, 9.17) is 9.47 Å². The van der Waals surface area contributed by atoms with Crippen LogP contribution >= 0.6 is 0 Å². The first-order chi connectivity index (χ1) is 9.86. The number of benzene rings is 1. The summed E-state index contributed by atoms with van der Waals surface area (Å²) in [5.41, 5.74) is 2.86. The molecule has 0 spiro atoms. The maximum absolute atomic E-state index is 5.26. The Morgan fingerprint density at radius 1 is 1.15 bits per heavy atom. The van der Waals surface area contributed by atoms with Gasteiger partial charge in [-0.1, -0.05) is 24.3 Å². The summed E-state index contributed by atoms with van der Waals surface area (Å²) in [6, 6.07) is 9.21. The lowest BCUT2D eigenvalue weighted by Gasteiger charge is -2.31. The largest absolute Gasteiger partial charge is 0.383 e. The zero-order valence-corrected chi connectivity index (χ0v) is 12.6. The third-order valence-corrected chi connectivity index (χ3v) is 3.93. The molecule has 4 nitrogen and oxygen atoms in total. The summed E-state index contributed by atoms with van der Waals surface area (Å²) in [6.45, 7) is 5.42. The fourth-order valence-corrected chi connectivity index (χ4v) is 2.86. The highest BCUT2D eigenvalue weighted by Gasteiger charge is 2.23. The summed E-state index contributed by atoms with van der Waals surface area (Å²) in [5, 5.41) is 3.51. The molecule has 1 atom stereocenters. The lowest BCUT2D eigenvalue weighted by atomic mass is 9.98. The molecule has 1 N–H and O–H groups in total. The van der Waals surface area contributed by atoms with Crippen molar-refractivity contribution in [2.45, 2.75) is 19.0 Å². The van der Waals surface area contributed by atoms with Gasteiger partial charge in [0.1, 0.15) is 0 Å². The predicted molar refractivity (Wildman–Crippen MR) is 80.8 cm³/mol. The Kier molecular flexibility index (Phi) is 6.47. The molecular formula is C16H26N2O2. The minimum Gasteiger partial charge on any atom is -0.383 e. The van der Waals surface area contributed by atoms with Crippen molar-refractivity contribution in [2.75, 3.05) is 47.1 Å². The first-order valence-corrected chi connectivity index (χ1v) is 7.37. The predicted octanol–water partition coefficient (Wildman–Crippen LogP) is 1.82. The number of nitrogens with zero attached hydrogens (tertiary/aromatic N) is 1. The van der Waals surface area contributed by atoms with Crippen LogP contribution in [0.3, 0.4) is 0 Å². The minimum absolute atomic E-state index is 0.450. The number of hydrogen-bond acceptors (Lipinski definition) is 4. The zero-order chi connectivity index (χ0) is 14.2. The third kappa shape index (κ3) is 4.03. The Hall–Kier alpha value is -0.940. The molecule has 1 aliphatic heterocycles. The lowest BCUT2D eigenvalue weighted by molar-refractivity contribution is 0.0847. The molecule has 2 rings (SSSR count). The lowest BCUT2D eigenvalue weighted by Crippen LogP contribution is -2.35. The summed E-state index contributed by atoms with van der Waals surface area (Å²) in [6.07, 6.45) is 1.13. The summed E-state index contributed by atoms with van der Waals surface area (Å²) < 4.78 is 10.5. The van der Waals surface area contributed by atoms with E-state index in [0.29, 0.717) is 6.04 Å². The Morgan fingerprint density at radius 2 is 1.85 bits per heavy atom. The van der Waals surface area contributed by atoms with E-state index in [1.165, 1.54) is 11.1 Å².